The third-order valence-electron chi connectivity index (χ3n) is 6.91. The molecule has 1 atom stereocenters. The predicted octanol–water partition coefficient (Wildman–Crippen LogP) is 4.92. The van der Waals surface area contributed by atoms with Crippen LogP contribution in [-0.2, 0) is 24.4 Å². The van der Waals surface area contributed by atoms with Gasteiger partial charge in [0, 0.05) is 43.0 Å². The van der Waals surface area contributed by atoms with E-state index in [0.29, 0.717) is 31.3 Å². The van der Waals surface area contributed by atoms with Crippen LogP contribution in [0.5, 0.6) is 17.2 Å². The molecule has 5 rings (SSSR count). The number of phenols is 1. The van der Waals surface area contributed by atoms with Crippen molar-refractivity contribution in [2.24, 2.45) is 0 Å². The molecule has 206 valence electrons. The molecule has 0 unspecified atom stereocenters. The van der Waals surface area contributed by atoms with Crippen LogP contribution in [0, 0.1) is 0 Å². The molecule has 39 heavy (non-hydrogen) atoms. The molecular weight excluding hydrogens is 518 g/mol. The number of benzene rings is 3. The number of amides is 1. The fourth-order valence-electron chi connectivity index (χ4n) is 4.84. The number of phenolic OH excluding ortho intramolecular Hbond substituents is 1. The molecule has 3 aromatic rings. The molecule has 1 saturated heterocycles. The molecule has 0 bridgehead atoms. The molecule has 0 saturated carbocycles. The average Bonchev–Trinajstić information content (AvgIpc) is 3.57. The Kier molecular flexibility index (Phi) is 8.45. The normalized spacial score (nSPS) is 16.4. The van der Waals surface area contributed by atoms with Crippen molar-refractivity contribution in [2.45, 2.75) is 32.2 Å². The maximum atomic E-state index is 13.8. The second-order valence-electron chi connectivity index (χ2n) is 10.2. The first-order valence-electron chi connectivity index (χ1n) is 13.1. The highest BCUT2D eigenvalue weighted by Crippen LogP contribution is 2.39. The quantitative estimate of drug-likeness (QED) is 0.370. The van der Waals surface area contributed by atoms with Gasteiger partial charge in [-0.3, -0.25) is 4.79 Å². The third kappa shape index (κ3) is 6.58. The summed E-state index contributed by atoms with van der Waals surface area (Å²) in [4.78, 5) is 17.6. The Morgan fingerprint density at radius 1 is 1.15 bits per heavy atom. The zero-order valence-corrected chi connectivity index (χ0v) is 23.0. The van der Waals surface area contributed by atoms with E-state index in [-0.39, 0.29) is 35.6 Å². The van der Waals surface area contributed by atoms with Crippen molar-refractivity contribution in [3.05, 3.63) is 81.9 Å². The van der Waals surface area contributed by atoms with Crippen LogP contribution in [0.2, 0.25) is 5.02 Å². The Hall–Kier alpha value is -3.46. The van der Waals surface area contributed by atoms with E-state index in [1.165, 1.54) is 6.07 Å². The molecular formula is C30H34ClN3O5. The maximum Gasteiger partial charge on any atom is 0.262 e. The smallest absolute Gasteiger partial charge is 0.262 e. The van der Waals surface area contributed by atoms with Crippen molar-refractivity contribution in [3.8, 4) is 17.2 Å². The van der Waals surface area contributed by atoms with Gasteiger partial charge >= 0.3 is 0 Å². The van der Waals surface area contributed by atoms with Gasteiger partial charge in [-0.2, -0.15) is 0 Å². The summed E-state index contributed by atoms with van der Waals surface area (Å²) in [5.41, 5.74) is 4.03. The fraction of sp³-hybridized carbons (Fsp3) is 0.367. The Balaban J connectivity index is 1.39. The summed E-state index contributed by atoms with van der Waals surface area (Å²) in [5, 5.41) is 14.7. The molecule has 0 aromatic heterocycles. The highest BCUT2D eigenvalue weighted by molar-refractivity contribution is 6.31. The number of fused-ring (bicyclic) bond motifs is 1. The van der Waals surface area contributed by atoms with Gasteiger partial charge in [0.05, 0.1) is 12.6 Å². The van der Waals surface area contributed by atoms with Crippen molar-refractivity contribution < 1.29 is 24.1 Å². The van der Waals surface area contributed by atoms with Crippen molar-refractivity contribution in [2.75, 3.05) is 45.8 Å². The molecule has 0 radical (unpaired) electrons. The van der Waals surface area contributed by atoms with Gasteiger partial charge in [0.15, 0.2) is 0 Å². The van der Waals surface area contributed by atoms with Gasteiger partial charge in [-0.25, -0.2) is 0 Å². The molecule has 0 aliphatic carbocycles. The summed E-state index contributed by atoms with van der Waals surface area (Å²) < 4.78 is 17.6. The summed E-state index contributed by atoms with van der Waals surface area (Å²) >= 11 is 6.22. The lowest BCUT2D eigenvalue weighted by atomic mass is 10.1. The SMILES string of the molecule is CN(C)CCOc1cc2c(c(N[C@@H]3CCOC3)c1)CN(C(=O)c1c(O)cc(Cl)cc1OCc1ccccc1)C2. The van der Waals surface area contributed by atoms with E-state index in [1.54, 1.807) is 11.0 Å². The van der Waals surface area contributed by atoms with Gasteiger partial charge in [-0.05, 0) is 55.4 Å². The highest BCUT2D eigenvalue weighted by Gasteiger charge is 2.32. The first-order valence-corrected chi connectivity index (χ1v) is 13.5. The van der Waals surface area contributed by atoms with Crippen molar-refractivity contribution >= 4 is 23.2 Å². The standard InChI is InChI=1S/C30H34ClN3O5/c1-33(2)9-11-38-24-12-21-16-34(17-25(21)26(15-24)32-23-8-10-37-19-23)30(36)29-27(35)13-22(31)14-28(29)39-18-20-6-4-3-5-7-20/h3-7,12-15,23,32,35H,8-11,16-19H2,1-2H3/t23-/m1/s1. The second kappa shape index (κ2) is 12.2. The van der Waals surface area contributed by atoms with E-state index in [1.807, 2.05) is 56.6 Å². The van der Waals surface area contributed by atoms with Crippen LogP contribution in [0.3, 0.4) is 0 Å². The van der Waals surface area contributed by atoms with E-state index in [0.717, 1.165) is 47.7 Å². The number of likely N-dealkylation sites (N-methyl/N-ethyl adjacent to an activating group) is 1. The third-order valence-corrected chi connectivity index (χ3v) is 7.13. The van der Waals surface area contributed by atoms with Crippen LogP contribution < -0.4 is 14.8 Å². The first-order chi connectivity index (χ1) is 18.9. The molecule has 8 nitrogen and oxygen atoms in total. The van der Waals surface area contributed by atoms with Gasteiger partial charge in [0.25, 0.3) is 5.91 Å². The predicted molar refractivity (Wildman–Crippen MR) is 151 cm³/mol. The largest absolute Gasteiger partial charge is 0.507 e. The molecule has 1 fully saturated rings. The number of halogens is 1. The minimum atomic E-state index is -0.325. The summed E-state index contributed by atoms with van der Waals surface area (Å²) in [7, 11) is 4.01. The number of hydrogen-bond donors (Lipinski definition) is 2. The van der Waals surface area contributed by atoms with Crippen LogP contribution in [0.4, 0.5) is 5.69 Å². The first kappa shape index (κ1) is 27.1. The molecule has 2 aliphatic rings. The van der Waals surface area contributed by atoms with Gasteiger partial charge in [-0.15, -0.1) is 0 Å². The molecule has 1 amide bonds. The van der Waals surface area contributed by atoms with E-state index >= 15 is 0 Å². The second-order valence-corrected chi connectivity index (χ2v) is 10.6. The number of carbonyl (C=O) groups excluding carboxylic acids is 1. The van der Waals surface area contributed by atoms with E-state index in [9.17, 15) is 9.90 Å². The molecule has 0 spiro atoms. The summed E-state index contributed by atoms with van der Waals surface area (Å²) in [5.74, 6) is 0.473. The van der Waals surface area contributed by atoms with Gasteiger partial charge in [0.2, 0.25) is 0 Å². The average molecular weight is 552 g/mol. The minimum Gasteiger partial charge on any atom is -0.507 e. The topological polar surface area (TPSA) is 83.5 Å². The van der Waals surface area contributed by atoms with Crippen LogP contribution in [0.25, 0.3) is 0 Å². The maximum absolute atomic E-state index is 13.8. The molecule has 2 heterocycles. The monoisotopic (exact) mass is 551 g/mol. The van der Waals surface area contributed by atoms with Crippen molar-refractivity contribution in [3.63, 3.8) is 0 Å². The number of nitrogens with one attached hydrogen (secondary N) is 1. The van der Waals surface area contributed by atoms with Gasteiger partial charge < -0.3 is 34.4 Å². The molecule has 2 N–H and O–H groups in total. The Bertz CT molecular complexity index is 1310. The number of aromatic hydroxyl groups is 1. The number of nitrogens with zero attached hydrogens (tertiary/aromatic N) is 2. The number of rotatable bonds is 10. The van der Waals surface area contributed by atoms with Gasteiger partial charge in [-0.1, -0.05) is 41.9 Å². The number of carbonyl (C=O) groups is 1. The lowest BCUT2D eigenvalue weighted by Crippen LogP contribution is -2.26. The van der Waals surface area contributed by atoms with Gasteiger partial charge in [0.1, 0.15) is 36.0 Å². The summed E-state index contributed by atoms with van der Waals surface area (Å²) in [6, 6.07) is 16.8. The molecule has 2 aliphatic heterocycles. The zero-order valence-electron chi connectivity index (χ0n) is 22.3. The fourth-order valence-corrected chi connectivity index (χ4v) is 5.05. The lowest BCUT2D eigenvalue weighted by Gasteiger charge is -2.20. The van der Waals surface area contributed by atoms with Crippen molar-refractivity contribution in [1.82, 2.24) is 9.80 Å². The lowest BCUT2D eigenvalue weighted by molar-refractivity contribution is 0.0743. The summed E-state index contributed by atoms with van der Waals surface area (Å²) in [6.07, 6.45) is 0.921. The van der Waals surface area contributed by atoms with Crippen LogP contribution in [0.15, 0.2) is 54.6 Å². The van der Waals surface area contributed by atoms with Crippen LogP contribution >= 0.6 is 11.6 Å². The van der Waals surface area contributed by atoms with Crippen LogP contribution in [0.1, 0.15) is 33.5 Å². The Labute approximate surface area is 234 Å². The number of hydrogen-bond acceptors (Lipinski definition) is 7. The van der Waals surface area contributed by atoms with E-state index < -0.39 is 0 Å². The van der Waals surface area contributed by atoms with E-state index in [2.05, 4.69) is 10.2 Å². The van der Waals surface area contributed by atoms with Crippen molar-refractivity contribution in [1.29, 1.82) is 0 Å². The molecule has 3 aromatic carbocycles. The number of anilines is 1. The molecule has 9 heteroatoms. The van der Waals surface area contributed by atoms with E-state index in [4.69, 9.17) is 25.8 Å². The number of ether oxygens (including phenoxy) is 3. The Morgan fingerprint density at radius 3 is 2.72 bits per heavy atom. The summed E-state index contributed by atoms with van der Waals surface area (Å²) in [6.45, 7) is 3.74. The zero-order chi connectivity index (χ0) is 27.4. The highest BCUT2D eigenvalue weighted by atomic mass is 35.5. The Morgan fingerprint density at radius 2 is 1.97 bits per heavy atom. The minimum absolute atomic E-state index is 0.101. The van der Waals surface area contributed by atoms with Crippen LogP contribution in [-0.4, -0.2) is 67.3 Å².